The van der Waals surface area contributed by atoms with Crippen LogP contribution in [-0.2, 0) is 16.0 Å². The molecule has 2 aromatic rings. The first-order valence-electron chi connectivity index (χ1n) is 7.09. The van der Waals surface area contributed by atoms with Gasteiger partial charge in [-0.2, -0.15) is 0 Å². The number of rotatable bonds is 5. The Balaban J connectivity index is 1.92. The van der Waals surface area contributed by atoms with Gasteiger partial charge >= 0.3 is 0 Å². The fraction of sp³-hybridized carbons (Fsp3) is 0.176. The molecule has 126 valence electrons. The van der Waals surface area contributed by atoms with Crippen LogP contribution in [0.15, 0.2) is 46.9 Å². The van der Waals surface area contributed by atoms with Gasteiger partial charge in [-0.3, -0.25) is 9.59 Å². The predicted octanol–water partition coefficient (Wildman–Crippen LogP) is 4.40. The van der Waals surface area contributed by atoms with E-state index in [4.69, 9.17) is 23.2 Å². The zero-order chi connectivity index (χ0) is 17.7. The van der Waals surface area contributed by atoms with Crippen molar-refractivity contribution in [1.82, 2.24) is 4.90 Å². The van der Waals surface area contributed by atoms with E-state index in [-0.39, 0.29) is 24.8 Å². The Hall–Kier alpha value is -1.56. The van der Waals surface area contributed by atoms with Gasteiger partial charge in [0, 0.05) is 11.5 Å². The van der Waals surface area contributed by atoms with Crippen LogP contribution in [0.5, 0.6) is 0 Å². The summed E-state index contributed by atoms with van der Waals surface area (Å²) in [5, 5.41) is 3.60. The van der Waals surface area contributed by atoms with Gasteiger partial charge in [-0.25, -0.2) is 0 Å². The molecule has 0 aliphatic carbocycles. The standard InChI is InChI=1S/C17H15BrCl2N2O2/c1-22(10-16(23)21-15-5-3-2-4-12(15)18)17(24)9-11-6-7-13(19)14(20)8-11/h2-8H,9-10H2,1H3,(H,21,23). The van der Waals surface area contributed by atoms with Crippen LogP contribution in [0.1, 0.15) is 5.56 Å². The summed E-state index contributed by atoms with van der Waals surface area (Å²) in [6, 6.07) is 12.3. The summed E-state index contributed by atoms with van der Waals surface area (Å²) in [5.74, 6) is -0.456. The molecule has 24 heavy (non-hydrogen) atoms. The van der Waals surface area contributed by atoms with E-state index in [1.165, 1.54) is 4.90 Å². The summed E-state index contributed by atoms with van der Waals surface area (Å²) >= 11 is 15.2. The Morgan fingerprint density at radius 2 is 1.83 bits per heavy atom. The van der Waals surface area contributed by atoms with Crippen molar-refractivity contribution >= 4 is 56.6 Å². The fourth-order valence-electron chi connectivity index (χ4n) is 2.02. The molecule has 0 fully saturated rings. The van der Waals surface area contributed by atoms with Crippen LogP contribution >= 0.6 is 39.1 Å². The first kappa shape index (κ1) is 18.8. The van der Waals surface area contributed by atoms with Crippen LogP contribution in [0.25, 0.3) is 0 Å². The second kappa shape index (κ2) is 8.51. The molecule has 2 amide bonds. The van der Waals surface area contributed by atoms with Crippen molar-refractivity contribution in [3.63, 3.8) is 0 Å². The average Bonchev–Trinajstić information content (AvgIpc) is 2.53. The van der Waals surface area contributed by atoms with E-state index in [0.717, 1.165) is 10.0 Å². The molecule has 0 saturated carbocycles. The van der Waals surface area contributed by atoms with E-state index in [9.17, 15) is 9.59 Å². The third-order valence-electron chi connectivity index (χ3n) is 3.29. The second-order valence-corrected chi connectivity index (χ2v) is 6.87. The number of anilines is 1. The van der Waals surface area contributed by atoms with Crippen molar-refractivity contribution in [2.24, 2.45) is 0 Å². The van der Waals surface area contributed by atoms with E-state index >= 15 is 0 Å². The van der Waals surface area contributed by atoms with Crippen molar-refractivity contribution in [2.75, 3.05) is 18.9 Å². The van der Waals surface area contributed by atoms with Gasteiger partial charge in [-0.1, -0.05) is 41.4 Å². The highest BCUT2D eigenvalue weighted by molar-refractivity contribution is 9.10. The van der Waals surface area contributed by atoms with Gasteiger partial charge in [-0.05, 0) is 45.8 Å². The van der Waals surface area contributed by atoms with Gasteiger partial charge in [0.05, 0.1) is 28.7 Å². The summed E-state index contributed by atoms with van der Waals surface area (Å²) in [5.41, 5.74) is 1.40. The minimum Gasteiger partial charge on any atom is -0.336 e. The number of likely N-dealkylation sites (N-methyl/N-ethyl adjacent to an activating group) is 1. The zero-order valence-electron chi connectivity index (χ0n) is 12.9. The van der Waals surface area contributed by atoms with Crippen LogP contribution in [0.2, 0.25) is 10.0 Å². The molecule has 0 saturated heterocycles. The number of halogens is 3. The van der Waals surface area contributed by atoms with Gasteiger partial charge in [0.1, 0.15) is 0 Å². The van der Waals surface area contributed by atoms with Crippen LogP contribution in [-0.4, -0.2) is 30.3 Å². The fourth-order valence-corrected chi connectivity index (χ4v) is 2.72. The molecule has 0 bridgehead atoms. The third kappa shape index (κ3) is 5.23. The van der Waals surface area contributed by atoms with Crippen molar-refractivity contribution in [1.29, 1.82) is 0 Å². The van der Waals surface area contributed by atoms with Crippen molar-refractivity contribution in [3.8, 4) is 0 Å². The highest BCUT2D eigenvalue weighted by Gasteiger charge is 2.15. The molecule has 1 N–H and O–H groups in total. The molecule has 2 aromatic carbocycles. The van der Waals surface area contributed by atoms with Crippen LogP contribution in [0, 0.1) is 0 Å². The number of nitrogens with zero attached hydrogens (tertiary/aromatic N) is 1. The molecule has 4 nitrogen and oxygen atoms in total. The number of hydrogen-bond donors (Lipinski definition) is 1. The van der Waals surface area contributed by atoms with Gasteiger partial charge in [0.25, 0.3) is 0 Å². The lowest BCUT2D eigenvalue weighted by molar-refractivity contribution is -0.132. The van der Waals surface area contributed by atoms with E-state index in [1.54, 1.807) is 31.3 Å². The summed E-state index contributed by atoms with van der Waals surface area (Å²) in [6.07, 6.45) is 0.149. The highest BCUT2D eigenvalue weighted by Crippen LogP contribution is 2.23. The number of amides is 2. The van der Waals surface area contributed by atoms with E-state index in [1.807, 2.05) is 18.2 Å². The van der Waals surface area contributed by atoms with Crippen molar-refractivity contribution in [3.05, 3.63) is 62.5 Å². The largest absolute Gasteiger partial charge is 0.336 e. The highest BCUT2D eigenvalue weighted by atomic mass is 79.9. The zero-order valence-corrected chi connectivity index (χ0v) is 16.0. The van der Waals surface area contributed by atoms with Crippen LogP contribution < -0.4 is 5.32 Å². The van der Waals surface area contributed by atoms with Gasteiger partial charge in [0.15, 0.2) is 0 Å². The quantitative estimate of drug-likeness (QED) is 0.765. The Labute approximate surface area is 158 Å². The molecular weight excluding hydrogens is 415 g/mol. The van der Waals surface area contributed by atoms with Crippen LogP contribution in [0.4, 0.5) is 5.69 Å². The van der Waals surface area contributed by atoms with Crippen molar-refractivity contribution in [2.45, 2.75) is 6.42 Å². The van der Waals surface area contributed by atoms with Gasteiger partial charge in [0.2, 0.25) is 11.8 Å². The van der Waals surface area contributed by atoms with Gasteiger partial charge < -0.3 is 10.2 Å². The molecule has 0 heterocycles. The SMILES string of the molecule is CN(CC(=O)Nc1ccccc1Br)C(=O)Cc1ccc(Cl)c(Cl)c1. The summed E-state index contributed by atoms with van der Waals surface area (Å²) < 4.78 is 0.781. The maximum absolute atomic E-state index is 12.2. The molecule has 0 aliphatic heterocycles. The normalized spacial score (nSPS) is 10.3. The first-order valence-corrected chi connectivity index (χ1v) is 8.64. The number of para-hydroxylation sites is 1. The molecule has 0 unspecified atom stereocenters. The lowest BCUT2D eigenvalue weighted by Crippen LogP contribution is -2.35. The third-order valence-corrected chi connectivity index (χ3v) is 4.72. The molecule has 0 spiro atoms. The van der Waals surface area contributed by atoms with E-state index in [2.05, 4.69) is 21.2 Å². The molecule has 0 aromatic heterocycles. The maximum Gasteiger partial charge on any atom is 0.244 e. The maximum atomic E-state index is 12.2. The number of carbonyl (C=O) groups excluding carboxylic acids is 2. The summed E-state index contributed by atoms with van der Waals surface area (Å²) in [7, 11) is 1.58. The Morgan fingerprint density at radius 3 is 2.50 bits per heavy atom. The number of nitrogens with one attached hydrogen (secondary N) is 1. The average molecular weight is 430 g/mol. The molecule has 0 aliphatic rings. The molecule has 0 atom stereocenters. The lowest BCUT2D eigenvalue weighted by atomic mass is 10.1. The Morgan fingerprint density at radius 1 is 1.12 bits per heavy atom. The van der Waals surface area contributed by atoms with E-state index < -0.39 is 0 Å². The topological polar surface area (TPSA) is 49.4 Å². The Kier molecular flexibility index (Phi) is 6.66. The second-order valence-electron chi connectivity index (χ2n) is 5.20. The molecular formula is C17H15BrCl2N2O2. The smallest absolute Gasteiger partial charge is 0.244 e. The first-order chi connectivity index (χ1) is 11.4. The number of carbonyl (C=O) groups is 2. The van der Waals surface area contributed by atoms with Crippen LogP contribution in [0.3, 0.4) is 0 Å². The lowest BCUT2D eigenvalue weighted by Gasteiger charge is -2.17. The predicted molar refractivity (Wildman–Crippen MR) is 101 cm³/mol. The monoisotopic (exact) mass is 428 g/mol. The van der Waals surface area contributed by atoms with Gasteiger partial charge in [-0.15, -0.1) is 0 Å². The number of benzene rings is 2. The van der Waals surface area contributed by atoms with E-state index in [0.29, 0.717) is 15.7 Å². The molecule has 0 radical (unpaired) electrons. The minimum absolute atomic E-state index is 0.0402. The summed E-state index contributed by atoms with van der Waals surface area (Å²) in [4.78, 5) is 25.7. The minimum atomic E-state index is -0.271. The number of hydrogen-bond acceptors (Lipinski definition) is 2. The summed E-state index contributed by atoms with van der Waals surface area (Å²) in [6.45, 7) is -0.0402. The molecule has 7 heteroatoms. The molecule has 2 rings (SSSR count). The Bertz CT molecular complexity index is 768. The van der Waals surface area contributed by atoms with Crippen molar-refractivity contribution < 1.29 is 9.59 Å².